The van der Waals surface area contributed by atoms with Gasteiger partial charge in [0.25, 0.3) is 11.6 Å². The van der Waals surface area contributed by atoms with E-state index < -0.39 is 22.4 Å². The number of carbonyl (C=O) groups excluding carboxylic acids is 1. The summed E-state index contributed by atoms with van der Waals surface area (Å²) in [5.41, 5.74) is 0.188. The van der Waals surface area contributed by atoms with Crippen LogP contribution in [0.5, 0.6) is 5.75 Å². The van der Waals surface area contributed by atoms with Crippen molar-refractivity contribution >= 4 is 23.0 Å². The van der Waals surface area contributed by atoms with Gasteiger partial charge >= 0.3 is 5.69 Å². The maximum atomic E-state index is 11.9. The summed E-state index contributed by atoms with van der Waals surface area (Å²) >= 11 is 0. The molecule has 9 nitrogen and oxygen atoms in total. The van der Waals surface area contributed by atoms with Crippen molar-refractivity contribution in [1.29, 1.82) is 0 Å². The number of nitro groups is 2. The molecule has 0 saturated heterocycles. The summed E-state index contributed by atoms with van der Waals surface area (Å²) in [6.45, 7) is 1.17. The lowest BCUT2D eigenvalue weighted by Gasteiger charge is -2.08. The van der Waals surface area contributed by atoms with Crippen LogP contribution in [-0.4, -0.2) is 22.4 Å². The number of nitrogens with one attached hydrogen (secondary N) is 1. The Morgan fingerprint density at radius 3 is 2.42 bits per heavy atom. The van der Waals surface area contributed by atoms with E-state index in [0.717, 1.165) is 0 Å². The van der Waals surface area contributed by atoms with E-state index in [1.807, 2.05) is 0 Å². The van der Waals surface area contributed by atoms with Crippen molar-refractivity contribution in [3.63, 3.8) is 0 Å². The summed E-state index contributed by atoms with van der Waals surface area (Å²) in [5, 5.41) is 24.2. The summed E-state index contributed by atoms with van der Waals surface area (Å²) in [7, 11) is 0. The standard InChI is InChI=1S/C15H13N3O6/c1-10-6-7-14(13(8-10)18(22)23)24-9-15(19)16-11-4-2-3-5-12(11)17(20)21/h2-8H,9H2,1H3,(H,16,19). The zero-order valence-corrected chi connectivity index (χ0v) is 12.6. The van der Waals surface area contributed by atoms with E-state index in [4.69, 9.17) is 4.74 Å². The Bertz CT molecular complexity index is 806. The van der Waals surface area contributed by atoms with Crippen LogP contribution in [0.25, 0.3) is 0 Å². The van der Waals surface area contributed by atoms with Gasteiger partial charge in [-0.1, -0.05) is 18.2 Å². The lowest BCUT2D eigenvalue weighted by molar-refractivity contribution is -0.385. The topological polar surface area (TPSA) is 125 Å². The number of nitro benzene ring substituents is 2. The third-order valence-electron chi connectivity index (χ3n) is 3.04. The first-order valence-electron chi connectivity index (χ1n) is 6.79. The van der Waals surface area contributed by atoms with Crippen molar-refractivity contribution in [2.24, 2.45) is 0 Å². The predicted molar refractivity (Wildman–Crippen MR) is 85.1 cm³/mol. The van der Waals surface area contributed by atoms with Crippen LogP contribution in [-0.2, 0) is 4.79 Å². The van der Waals surface area contributed by atoms with Crippen molar-refractivity contribution in [3.05, 3.63) is 68.3 Å². The Hall–Kier alpha value is -3.49. The molecule has 2 aromatic carbocycles. The molecule has 1 N–H and O–H groups in total. The molecule has 0 atom stereocenters. The fourth-order valence-electron chi connectivity index (χ4n) is 1.96. The first-order valence-corrected chi connectivity index (χ1v) is 6.79. The number of aryl methyl sites for hydroxylation is 1. The highest BCUT2D eigenvalue weighted by Gasteiger charge is 2.18. The van der Waals surface area contributed by atoms with Crippen LogP contribution < -0.4 is 10.1 Å². The van der Waals surface area contributed by atoms with Crippen LogP contribution >= 0.6 is 0 Å². The van der Waals surface area contributed by atoms with Gasteiger partial charge in [0.1, 0.15) is 5.69 Å². The molecule has 0 aliphatic rings. The summed E-state index contributed by atoms with van der Waals surface area (Å²) in [6, 6.07) is 9.98. The van der Waals surface area contributed by atoms with E-state index in [9.17, 15) is 25.0 Å². The quantitative estimate of drug-likeness (QED) is 0.641. The van der Waals surface area contributed by atoms with Gasteiger partial charge in [-0.3, -0.25) is 25.0 Å². The number of hydrogen-bond donors (Lipinski definition) is 1. The summed E-state index contributed by atoms with van der Waals surface area (Å²) in [5.74, 6) is -0.720. The molecule has 24 heavy (non-hydrogen) atoms. The number of anilines is 1. The Kier molecular flexibility index (Phi) is 5.05. The van der Waals surface area contributed by atoms with E-state index >= 15 is 0 Å². The van der Waals surface area contributed by atoms with Gasteiger partial charge < -0.3 is 10.1 Å². The predicted octanol–water partition coefficient (Wildman–Crippen LogP) is 2.83. The Morgan fingerprint density at radius 2 is 1.75 bits per heavy atom. The Balaban J connectivity index is 2.07. The van der Waals surface area contributed by atoms with Gasteiger partial charge in [-0.2, -0.15) is 0 Å². The third kappa shape index (κ3) is 4.03. The number of para-hydroxylation sites is 2. The van der Waals surface area contributed by atoms with E-state index in [1.54, 1.807) is 13.0 Å². The molecule has 0 spiro atoms. The van der Waals surface area contributed by atoms with Crippen LogP contribution in [0.15, 0.2) is 42.5 Å². The highest BCUT2D eigenvalue weighted by atomic mass is 16.6. The molecule has 0 aliphatic carbocycles. The maximum absolute atomic E-state index is 11.9. The van der Waals surface area contributed by atoms with Gasteiger partial charge in [-0.25, -0.2) is 0 Å². The number of hydrogen-bond acceptors (Lipinski definition) is 6. The van der Waals surface area contributed by atoms with Gasteiger partial charge in [-0.15, -0.1) is 0 Å². The second kappa shape index (κ2) is 7.18. The molecular formula is C15H13N3O6. The summed E-state index contributed by atoms with van der Waals surface area (Å²) in [4.78, 5) is 32.5. The molecule has 2 aromatic rings. The molecule has 9 heteroatoms. The molecule has 1 amide bonds. The van der Waals surface area contributed by atoms with Crippen LogP contribution in [0.1, 0.15) is 5.56 Å². The zero-order chi connectivity index (χ0) is 17.7. The normalized spacial score (nSPS) is 10.0. The highest BCUT2D eigenvalue weighted by molar-refractivity contribution is 5.94. The fourth-order valence-corrected chi connectivity index (χ4v) is 1.96. The van der Waals surface area contributed by atoms with Gasteiger partial charge in [0.05, 0.1) is 9.85 Å². The van der Waals surface area contributed by atoms with Crippen molar-refractivity contribution in [2.45, 2.75) is 6.92 Å². The van der Waals surface area contributed by atoms with Gasteiger partial charge in [-0.05, 0) is 24.6 Å². The van der Waals surface area contributed by atoms with Crippen molar-refractivity contribution in [3.8, 4) is 5.75 Å². The molecule has 0 radical (unpaired) electrons. The minimum atomic E-state index is -0.667. The second-order valence-corrected chi connectivity index (χ2v) is 4.84. The second-order valence-electron chi connectivity index (χ2n) is 4.84. The van der Waals surface area contributed by atoms with Gasteiger partial charge in [0.15, 0.2) is 12.4 Å². The lowest BCUT2D eigenvalue weighted by Crippen LogP contribution is -2.21. The molecule has 0 unspecified atom stereocenters. The fraction of sp³-hybridized carbons (Fsp3) is 0.133. The Labute approximate surface area is 136 Å². The molecule has 2 rings (SSSR count). The molecule has 124 valence electrons. The third-order valence-corrected chi connectivity index (χ3v) is 3.04. The van der Waals surface area contributed by atoms with Gasteiger partial charge in [0.2, 0.25) is 0 Å². The smallest absolute Gasteiger partial charge is 0.311 e. The van der Waals surface area contributed by atoms with E-state index in [-0.39, 0.29) is 22.8 Å². The van der Waals surface area contributed by atoms with Crippen molar-refractivity contribution in [2.75, 3.05) is 11.9 Å². The first-order chi connectivity index (χ1) is 11.4. The average molecular weight is 331 g/mol. The van der Waals surface area contributed by atoms with Crippen LogP contribution in [0, 0.1) is 27.2 Å². The Morgan fingerprint density at radius 1 is 1.08 bits per heavy atom. The van der Waals surface area contributed by atoms with Gasteiger partial charge in [0, 0.05) is 12.1 Å². The molecule has 0 saturated carbocycles. The number of ether oxygens (including phenoxy) is 1. The van der Waals surface area contributed by atoms with Crippen LogP contribution in [0.3, 0.4) is 0 Å². The van der Waals surface area contributed by atoms with E-state index in [1.165, 1.54) is 36.4 Å². The zero-order valence-electron chi connectivity index (χ0n) is 12.6. The molecule has 0 aromatic heterocycles. The number of carbonyl (C=O) groups is 1. The SMILES string of the molecule is Cc1ccc(OCC(=O)Nc2ccccc2[N+](=O)[O-])c([N+](=O)[O-])c1. The number of amides is 1. The van der Waals surface area contributed by atoms with Crippen LogP contribution in [0.2, 0.25) is 0 Å². The number of nitrogens with zero attached hydrogens (tertiary/aromatic N) is 2. The molecule has 0 fully saturated rings. The van der Waals surface area contributed by atoms with E-state index in [0.29, 0.717) is 5.56 Å². The van der Waals surface area contributed by atoms with Crippen LogP contribution in [0.4, 0.5) is 17.1 Å². The molecule has 0 heterocycles. The van der Waals surface area contributed by atoms with Crippen molar-refractivity contribution in [1.82, 2.24) is 0 Å². The largest absolute Gasteiger partial charge is 0.477 e. The minimum Gasteiger partial charge on any atom is -0.477 e. The minimum absolute atomic E-state index is 0.0227. The average Bonchev–Trinajstić information content (AvgIpc) is 2.53. The molecule has 0 aliphatic heterocycles. The highest BCUT2D eigenvalue weighted by Crippen LogP contribution is 2.28. The maximum Gasteiger partial charge on any atom is 0.311 e. The first kappa shape index (κ1) is 16.9. The van der Waals surface area contributed by atoms with E-state index in [2.05, 4.69) is 5.32 Å². The number of benzene rings is 2. The summed E-state index contributed by atoms with van der Waals surface area (Å²) in [6.07, 6.45) is 0. The summed E-state index contributed by atoms with van der Waals surface area (Å²) < 4.78 is 5.16. The molecule has 0 bridgehead atoms. The number of rotatable bonds is 6. The van der Waals surface area contributed by atoms with Crippen molar-refractivity contribution < 1.29 is 19.4 Å². The monoisotopic (exact) mass is 331 g/mol. The molecular weight excluding hydrogens is 318 g/mol. The lowest BCUT2D eigenvalue weighted by atomic mass is 10.2.